The van der Waals surface area contributed by atoms with E-state index in [9.17, 15) is 10.2 Å². The highest BCUT2D eigenvalue weighted by Crippen LogP contribution is 2.45. The molecule has 3 heteroatoms. The van der Waals surface area contributed by atoms with E-state index in [1.54, 1.807) is 0 Å². The van der Waals surface area contributed by atoms with Crippen molar-refractivity contribution in [2.45, 2.75) is 82.8 Å². The molecule has 1 spiro atoms. The van der Waals surface area contributed by atoms with E-state index in [0.29, 0.717) is 0 Å². The highest BCUT2D eigenvalue weighted by atomic mass is 16.5. The van der Waals surface area contributed by atoms with Crippen LogP contribution in [0.4, 0.5) is 0 Å². The summed E-state index contributed by atoms with van der Waals surface area (Å²) in [6.07, 6.45) is 11.6. The van der Waals surface area contributed by atoms with E-state index < -0.39 is 0 Å². The lowest BCUT2D eigenvalue weighted by atomic mass is 9.79. The summed E-state index contributed by atoms with van der Waals surface area (Å²) >= 11 is 0. The number of ether oxygens (including phenoxy) is 1. The van der Waals surface area contributed by atoms with Crippen LogP contribution in [0, 0.1) is 5.41 Å². The molecule has 2 N–H and O–H groups in total. The molecular formula is C16H30O3. The molecule has 0 aromatic heterocycles. The van der Waals surface area contributed by atoms with Crippen LogP contribution in [0.25, 0.3) is 0 Å². The van der Waals surface area contributed by atoms with Gasteiger partial charge in [-0.05, 0) is 38.5 Å². The lowest BCUT2D eigenvalue weighted by Crippen LogP contribution is -2.36. The molecule has 1 atom stereocenters. The normalized spacial score (nSPS) is 27.0. The third-order valence-electron chi connectivity index (χ3n) is 5.22. The minimum Gasteiger partial charge on any atom is -0.396 e. The van der Waals surface area contributed by atoms with Gasteiger partial charge in [0.25, 0.3) is 0 Å². The van der Waals surface area contributed by atoms with Crippen LogP contribution in [-0.4, -0.2) is 35.1 Å². The van der Waals surface area contributed by atoms with E-state index in [0.717, 1.165) is 25.7 Å². The molecule has 0 amide bonds. The van der Waals surface area contributed by atoms with Gasteiger partial charge in [0, 0.05) is 5.41 Å². The fourth-order valence-corrected chi connectivity index (χ4v) is 4.06. The van der Waals surface area contributed by atoms with Gasteiger partial charge in [0.2, 0.25) is 0 Å². The smallest absolute Gasteiger partial charge is 0.0687 e. The zero-order valence-corrected chi connectivity index (χ0v) is 12.4. The van der Waals surface area contributed by atoms with Gasteiger partial charge in [-0.2, -0.15) is 0 Å². The lowest BCUT2D eigenvalue weighted by molar-refractivity contribution is -0.0889. The molecule has 1 saturated heterocycles. The van der Waals surface area contributed by atoms with Crippen molar-refractivity contribution in [1.29, 1.82) is 0 Å². The fourth-order valence-electron chi connectivity index (χ4n) is 4.06. The first-order chi connectivity index (χ1) is 9.17. The van der Waals surface area contributed by atoms with Gasteiger partial charge in [-0.1, -0.05) is 32.6 Å². The van der Waals surface area contributed by atoms with Gasteiger partial charge in [-0.25, -0.2) is 0 Å². The van der Waals surface area contributed by atoms with Gasteiger partial charge in [-0.15, -0.1) is 0 Å². The Hall–Kier alpha value is -0.120. The molecule has 19 heavy (non-hydrogen) atoms. The van der Waals surface area contributed by atoms with E-state index in [-0.39, 0.29) is 30.3 Å². The molecule has 2 rings (SSSR count). The largest absolute Gasteiger partial charge is 0.396 e. The Labute approximate surface area is 117 Å². The van der Waals surface area contributed by atoms with Gasteiger partial charge in [0.05, 0.1) is 24.9 Å². The Balaban J connectivity index is 1.92. The van der Waals surface area contributed by atoms with Crippen molar-refractivity contribution in [2.24, 2.45) is 5.41 Å². The Kier molecular flexibility index (Phi) is 5.27. The quantitative estimate of drug-likeness (QED) is 0.780. The van der Waals surface area contributed by atoms with Crippen molar-refractivity contribution in [3.8, 4) is 0 Å². The summed E-state index contributed by atoms with van der Waals surface area (Å²) in [6.45, 7) is 2.26. The van der Waals surface area contributed by atoms with E-state index >= 15 is 0 Å². The van der Waals surface area contributed by atoms with Gasteiger partial charge in [0.1, 0.15) is 0 Å². The van der Waals surface area contributed by atoms with E-state index in [1.165, 1.54) is 38.5 Å². The Morgan fingerprint density at radius 1 is 1.11 bits per heavy atom. The lowest BCUT2D eigenvalue weighted by Gasteiger charge is -2.36. The standard InChI is InChI=1S/C16H30O3/c1-2-7-15(12-17,13-18)11-14-6-10-16(19-14)8-4-3-5-9-16/h14,17-18H,2-13H2,1H3. The van der Waals surface area contributed by atoms with E-state index in [1.807, 2.05) is 0 Å². The van der Waals surface area contributed by atoms with Crippen LogP contribution < -0.4 is 0 Å². The molecule has 0 aromatic rings. The second-order valence-corrected chi connectivity index (χ2v) is 6.79. The molecule has 0 radical (unpaired) electrons. The Bertz CT molecular complexity index is 267. The third kappa shape index (κ3) is 3.50. The predicted octanol–water partition coefficient (Wildman–Crippen LogP) is 3.03. The van der Waals surface area contributed by atoms with Crippen LogP contribution in [0.2, 0.25) is 0 Å². The van der Waals surface area contributed by atoms with Crippen LogP contribution >= 0.6 is 0 Å². The summed E-state index contributed by atoms with van der Waals surface area (Å²) in [6, 6.07) is 0. The number of rotatable bonds is 6. The average Bonchev–Trinajstić information content (AvgIpc) is 2.81. The van der Waals surface area contributed by atoms with Crippen molar-refractivity contribution in [1.82, 2.24) is 0 Å². The first kappa shape index (κ1) is 15.3. The minimum atomic E-state index is -0.334. The highest BCUT2D eigenvalue weighted by Gasteiger charge is 2.43. The van der Waals surface area contributed by atoms with Gasteiger partial charge >= 0.3 is 0 Å². The summed E-state index contributed by atoms with van der Waals surface area (Å²) in [5.41, 5.74) is -0.189. The van der Waals surface area contributed by atoms with Crippen LogP contribution in [0.15, 0.2) is 0 Å². The first-order valence-corrected chi connectivity index (χ1v) is 8.07. The van der Waals surface area contributed by atoms with Crippen LogP contribution in [0.5, 0.6) is 0 Å². The first-order valence-electron chi connectivity index (χ1n) is 8.07. The van der Waals surface area contributed by atoms with Gasteiger partial charge in [0.15, 0.2) is 0 Å². The highest BCUT2D eigenvalue weighted by molar-refractivity contribution is 4.93. The molecule has 2 fully saturated rings. The number of aliphatic hydroxyl groups excluding tert-OH is 2. The average molecular weight is 270 g/mol. The topological polar surface area (TPSA) is 49.7 Å². The molecular weight excluding hydrogens is 240 g/mol. The summed E-state index contributed by atoms with van der Waals surface area (Å²) in [5, 5.41) is 19.3. The molecule has 1 saturated carbocycles. The number of hydrogen-bond acceptors (Lipinski definition) is 3. The SMILES string of the molecule is CCCC(CO)(CO)CC1CCC2(CCCCC2)O1. The summed E-state index contributed by atoms with van der Waals surface area (Å²) in [4.78, 5) is 0. The van der Waals surface area contributed by atoms with Crippen LogP contribution in [-0.2, 0) is 4.74 Å². The Morgan fingerprint density at radius 3 is 2.37 bits per heavy atom. The molecule has 1 aliphatic carbocycles. The maximum absolute atomic E-state index is 9.65. The maximum Gasteiger partial charge on any atom is 0.0687 e. The molecule has 0 bridgehead atoms. The van der Waals surface area contributed by atoms with Crippen molar-refractivity contribution in [3.63, 3.8) is 0 Å². The molecule has 2 aliphatic rings. The molecule has 1 aliphatic heterocycles. The minimum absolute atomic E-state index is 0.0736. The second-order valence-electron chi connectivity index (χ2n) is 6.79. The molecule has 1 unspecified atom stereocenters. The van der Waals surface area contributed by atoms with Crippen molar-refractivity contribution in [2.75, 3.05) is 13.2 Å². The van der Waals surface area contributed by atoms with Crippen molar-refractivity contribution in [3.05, 3.63) is 0 Å². The third-order valence-corrected chi connectivity index (χ3v) is 5.22. The second kappa shape index (κ2) is 6.55. The molecule has 0 aromatic carbocycles. The zero-order chi connectivity index (χ0) is 13.8. The van der Waals surface area contributed by atoms with E-state index in [4.69, 9.17) is 4.74 Å². The van der Waals surface area contributed by atoms with Crippen molar-refractivity contribution >= 4 is 0 Å². The number of aliphatic hydroxyl groups is 2. The Morgan fingerprint density at radius 2 is 1.79 bits per heavy atom. The van der Waals surface area contributed by atoms with Crippen LogP contribution in [0.1, 0.15) is 71.1 Å². The maximum atomic E-state index is 9.65. The van der Waals surface area contributed by atoms with Gasteiger partial charge in [-0.3, -0.25) is 0 Å². The summed E-state index contributed by atoms with van der Waals surface area (Å²) in [7, 11) is 0. The van der Waals surface area contributed by atoms with Crippen molar-refractivity contribution < 1.29 is 14.9 Å². The summed E-state index contributed by atoms with van der Waals surface area (Å²) in [5.74, 6) is 0. The fraction of sp³-hybridized carbons (Fsp3) is 1.00. The summed E-state index contributed by atoms with van der Waals surface area (Å²) < 4.78 is 6.37. The predicted molar refractivity (Wildman–Crippen MR) is 76.1 cm³/mol. The van der Waals surface area contributed by atoms with Gasteiger partial charge < -0.3 is 14.9 Å². The van der Waals surface area contributed by atoms with Crippen LogP contribution in [0.3, 0.4) is 0 Å². The van der Waals surface area contributed by atoms with E-state index in [2.05, 4.69) is 6.92 Å². The monoisotopic (exact) mass is 270 g/mol. The number of hydrogen-bond donors (Lipinski definition) is 2. The molecule has 1 heterocycles. The zero-order valence-electron chi connectivity index (χ0n) is 12.4. The molecule has 112 valence electrons. The molecule has 3 nitrogen and oxygen atoms in total.